The van der Waals surface area contributed by atoms with Crippen LogP contribution in [0.4, 0.5) is 11.4 Å². The van der Waals surface area contributed by atoms with Gasteiger partial charge in [0.15, 0.2) is 0 Å². The molecule has 1 aromatic rings. The van der Waals surface area contributed by atoms with E-state index in [4.69, 9.17) is 11.6 Å². The highest BCUT2D eigenvalue weighted by Crippen LogP contribution is 2.38. The molecule has 1 aliphatic heterocycles. The molecule has 2 N–H and O–H groups in total. The fourth-order valence-electron chi connectivity index (χ4n) is 4.03. The summed E-state index contributed by atoms with van der Waals surface area (Å²) in [4.78, 5) is 13.7. The minimum Gasteiger partial charge on any atom is -0.377 e. The lowest BCUT2D eigenvalue weighted by atomic mass is 9.78. The second-order valence-corrected chi connectivity index (χ2v) is 9.03. The van der Waals surface area contributed by atoms with Gasteiger partial charge in [0.2, 0.25) is 0 Å². The van der Waals surface area contributed by atoms with Crippen molar-refractivity contribution in [2.24, 2.45) is 0 Å². The number of nitrogens with one attached hydrogen (secondary N) is 2. The summed E-state index contributed by atoms with van der Waals surface area (Å²) in [7, 11) is 4.00. The lowest BCUT2D eigenvalue weighted by Gasteiger charge is -2.42. The molecule has 5 heteroatoms. The minimum absolute atomic E-state index is 0.278. The summed E-state index contributed by atoms with van der Waals surface area (Å²) in [6, 6.07) is 6.23. The van der Waals surface area contributed by atoms with E-state index in [2.05, 4.69) is 40.8 Å². The fourth-order valence-corrected chi connectivity index (χ4v) is 4.13. The summed E-state index contributed by atoms with van der Waals surface area (Å²) >= 11 is 6.26. The zero-order valence-corrected chi connectivity index (χ0v) is 19.1. The van der Waals surface area contributed by atoms with E-state index >= 15 is 0 Å². The molecule has 0 spiro atoms. The van der Waals surface area contributed by atoms with E-state index < -0.39 is 5.41 Å². The summed E-state index contributed by atoms with van der Waals surface area (Å²) in [5, 5.41) is 7.77. The first-order valence-electron chi connectivity index (χ1n) is 10.0. The summed E-state index contributed by atoms with van der Waals surface area (Å²) in [6.45, 7) is 15.7. The van der Waals surface area contributed by atoms with Crippen molar-refractivity contribution in [3.63, 3.8) is 0 Å². The molecule has 1 heterocycles. The van der Waals surface area contributed by atoms with Crippen LogP contribution in [-0.4, -0.2) is 39.0 Å². The first-order chi connectivity index (χ1) is 13.6. The third kappa shape index (κ3) is 4.93. The Labute approximate surface area is 180 Å². The highest BCUT2D eigenvalue weighted by molar-refractivity contribution is 6.31. The van der Waals surface area contributed by atoms with Gasteiger partial charge in [-0.25, -0.2) is 0 Å². The minimum atomic E-state index is -0.552. The Morgan fingerprint density at radius 2 is 1.93 bits per heavy atom. The number of carbonyl (C=O) groups is 1. The fraction of sp³-hybridized carbons (Fsp3) is 0.458. The predicted octanol–water partition coefficient (Wildman–Crippen LogP) is 5.02. The van der Waals surface area contributed by atoms with Crippen LogP contribution >= 0.6 is 11.6 Å². The van der Waals surface area contributed by atoms with Gasteiger partial charge in [0.25, 0.3) is 0 Å². The molecule has 0 bridgehead atoms. The zero-order valence-electron chi connectivity index (χ0n) is 18.4. The largest absolute Gasteiger partial charge is 0.377 e. The van der Waals surface area contributed by atoms with E-state index in [1.54, 1.807) is 0 Å². The predicted molar refractivity (Wildman–Crippen MR) is 126 cm³/mol. The molecule has 2 rings (SSSR count). The number of allylic oxidation sites excluding steroid dienone is 2. The lowest BCUT2D eigenvalue weighted by Crippen LogP contribution is -2.49. The van der Waals surface area contributed by atoms with Crippen molar-refractivity contribution in [2.75, 3.05) is 37.4 Å². The highest BCUT2D eigenvalue weighted by atomic mass is 35.5. The Kier molecular flexibility index (Phi) is 7.36. The smallest absolute Gasteiger partial charge is 0.130 e. The first-order valence-corrected chi connectivity index (χ1v) is 10.4. The van der Waals surface area contributed by atoms with Crippen molar-refractivity contribution in [3.8, 4) is 0 Å². The highest BCUT2D eigenvalue weighted by Gasteiger charge is 2.36. The second-order valence-electron chi connectivity index (χ2n) is 8.57. The third-order valence-corrected chi connectivity index (χ3v) is 6.12. The monoisotopic (exact) mass is 415 g/mol. The number of hydrogen-bond acceptors (Lipinski definition) is 4. The van der Waals surface area contributed by atoms with Gasteiger partial charge in [0.1, 0.15) is 6.29 Å². The summed E-state index contributed by atoms with van der Waals surface area (Å²) in [5.74, 6) is 0. The van der Waals surface area contributed by atoms with E-state index in [0.29, 0.717) is 5.03 Å². The van der Waals surface area contributed by atoms with Crippen molar-refractivity contribution in [2.45, 2.75) is 44.6 Å². The maximum absolute atomic E-state index is 11.6. The number of halogens is 1. The quantitative estimate of drug-likeness (QED) is 0.462. The van der Waals surface area contributed by atoms with Crippen molar-refractivity contribution in [1.82, 2.24) is 5.32 Å². The molecule has 1 aliphatic rings. The topological polar surface area (TPSA) is 44.4 Å². The molecule has 0 saturated carbocycles. The van der Waals surface area contributed by atoms with Crippen molar-refractivity contribution < 1.29 is 4.79 Å². The molecule has 0 amide bonds. The van der Waals surface area contributed by atoms with Gasteiger partial charge in [-0.2, -0.15) is 0 Å². The maximum atomic E-state index is 11.6. The number of nitrogens with zero attached hydrogens (tertiary/aromatic N) is 1. The molecular formula is C24H34ClN3O. The van der Waals surface area contributed by atoms with Gasteiger partial charge in [-0.1, -0.05) is 36.9 Å². The van der Waals surface area contributed by atoms with Gasteiger partial charge in [0.05, 0.1) is 5.54 Å². The molecule has 0 aliphatic carbocycles. The number of anilines is 2. The van der Waals surface area contributed by atoms with Crippen LogP contribution in [0, 0.1) is 0 Å². The Balaban J connectivity index is 2.56. The average Bonchev–Trinajstić information content (AvgIpc) is 2.68. The molecule has 1 fully saturated rings. The van der Waals surface area contributed by atoms with Crippen molar-refractivity contribution in [3.05, 3.63) is 59.2 Å². The van der Waals surface area contributed by atoms with Crippen LogP contribution in [0.1, 0.15) is 39.2 Å². The van der Waals surface area contributed by atoms with Crippen molar-refractivity contribution in [1.29, 1.82) is 0 Å². The third-order valence-electron chi connectivity index (χ3n) is 5.84. The van der Waals surface area contributed by atoms with E-state index in [9.17, 15) is 4.79 Å². The van der Waals surface area contributed by atoms with Crippen LogP contribution in [0.5, 0.6) is 0 Å². The Bertz CT molecular complexity index is 817. The van der Waals surface area contributed by atoms with E-state index in [-0.39, 0.29) is 5.54 Å². The van der Waals surface area contributed by atoms with Gasteiger partial charge < -0.3 is 20.3 Å². The summed E-state index contributed by atoms with van der Waals surface area (Å²) in [6.07, 6.45) is 4.73. The van der Waals surface area contributed by atoms with Gasteiger partial charge in [0, 0.05) is 35.9 Å². The van der Waals surface area contributed by atoms with Gasteiger partial charge >= 0.3 is 0 Å². The van der Waals surface area contributed by atoms with E-state index in [1.807, 2.05) is 47.0 Å². The molecule has 29 heavy (non-hydrogen) atoms. The van der Waals surface area contributed by atoms with Gasteiger partial charge in [-0.3, -0.25) is 0 Å². The zero-order chi connectivity index (χ0) is 21.8. The number of carbonyl (C=O) groups excluding carboxylic acids is 1. The van der Waals surface area contributed by atoms with Gasteiger partial charge in [-0.15, -0.1) is 0 Å². The first kappa shape index (κ1) is 23.2. The summed E-state index contributed by atoms with van der Waals surface area (Å²) in [5.41, 5.74) is 4.26. The van der Waals surface area contributed by atoms with Crippen LogP contribution in [0.2, 0.25) is 0 Å². The van der Waals surface area contributed by atoms with Crippen LogP contribution in [0.3, 0.4) is 0 Å². The Hall–Kier alpha value is -2.04. The normalized spacial score (nSPS) is 17.2. The standard InChI is InChI=1S/C24H34ClN3O/c1-8-20(17(2)18(3)25)24(11-13-26-14-12-24)27-19-9-10-21(23(4,5)16-29)22(15-19)28(6)7/h8-10,15-16,26-27H,1,3,11-14H2,2,4-7H3/b20-17+. The van der Waals surface area contributed by atoms with Gasteiger partial charge in [-0.05, 0) is 75.5 Å². The average molecular weight is 416 g/mol. The molecular weight excluding hydrogens is 382 g/mol. The molecule has 0 unspecified atom stereocenters. The van der Waals surface area contributed by atoms with E-state index in [1.165, 1.54) is 0 Å². The molecule has 158 valence electrons. The summed E-state index contributed by atoms with van der Waals surface area (Å²) < 4.78 is 0. The maximum Gasteiger partial charge on any atom is 0.130 e. The SMILES string of the molecule is C=C/C(=C(/C)C(=C)Cl)C1(Nc2ccc(C(C)(C)C=O)c(N(C)C)c2)CCNCC1. The van der Waals surface area contributed by atoms with Crippen LogP contribution in [0.25, 0.3) is 0 Å². The molecule has 4 nitrogen and oxygen atoms in total. The number of aldehydes is 1. The number of rotatable bonds is 8. The molecule has 0 aromatic heterocycles. The number of piperidine rings is 1. The number of benzene rings is 1. The molecule has 1 saturated heterocycles. The van der Waals surface area contributed by atoms with Crippen LogP contribution in [-0.2, 0) is 10.2 Å². The van der Waals surface area contributed by atoms with Crippen LogP contribution in [0.15, 0.2) is 53.6 Å². The molecule has 0 atom stereocenters. The Morgan fingerprint density at radius 3 is 2.41 bits per heavy atom. The van der Waals surface area contributed by atoms with E-state index in [0.717, 1.165) is 60.3 Å². The number of hydrogen-bond donors (Lipinski definition) is 2. The lowest BCUT2D eigenvalue weighted by molar-refractivity contribution is -0.111. The van der Waals surface area contributed by atoms with Crippen LogP contribution < -0.4 is 15.5 Å². The second kappa shape index (κ2) is 9.19. The molecule has 1 aromatic carbocycles. The molecule has 0 radical (unpaired) electrons. The Morgan fingerprint density at radius 1 is 1.31 bits per heavy atom. The van der Waals surface area contributed by atoms with Crippen molar-refractivity contribution >= 4 is 29.3 Å².